The smallest absolute Gasteiger partial charge is 0.493 e. The van der Waals surface area contributed by atoms with Crippen molar-refractivity contribution < 1.29 is 23.3 Å². The van der Waals surface area contributed by atoms with Crippen LogP contribution in [0.5, 0.6) is 0 Å². The first kappa shape index (κ1) is 12.4. The van der Waals surface area contributed by atoms with Crippen molar-refractivity contribution in [1.29, 1.82) is 0 Å². The van der Waals surface area contributed by atoms with E-state index >= 15 is 0 Å². The summed E-state index contributed by atoms with van der Waals surface area (Å²) in [7, 11) is 0.215. The molecule has 0 atom stereocenters. The maximum absolute atomic E-state index is 12.9. The van der Waals surface area contributed by atoms with Gasteiger partial charge >= 0.3 is 19.1 Å². The molecule has 0 amide bonds. The van der Waals surface area contributed by atoms with Gasteiger partial charge in [-0.1, -0.05) is 0 Å². The van der Waals surface area contributed by atoms with Gasteiger partial charge in [0.2, 0.25) is 5.95 Å². The van der Waals surface area contributed by atoms with Gasteiger partial charge < -0.3 is 9.31 Å². The van der Waals surface area contributed by atoms with Gasteiger partial charge in [0.1, 0.15) is 5.59 Å². The van der Waals surface area contributed by atoms with Gasteiger partial charge in [-0.3, -0.25) is 19.5 Å². The molecule has 2 heterocycles. The van der Waals surface area contributed by atoms with E-state index in [1.54, 1.807) is 7.05 Å². The lowest BCUT2D eigenvalue weighted by Gasteiger charge is -2.21. The van der Waals surface area contributed by atoms with Crippen molar-refractivity contribution >= 4 is 24.7 Å². The molecule has 18 heavy (non-hydrogen) atoms. The molecule has 0 spiro atoms. The Morgan fingerprint density at radius 2 is 1.89 bits per heavy atom. The zero-order valence-electron chi connectivity index (χ0n) is 9.50. The largest absolute Gasteiger partial charge is 0.658 e. The molecule has 0 N–H and O–H groups in total. The molecule has 94 valence electrons. The minimum Gasteiger partial charge on any atom is -0.493 e. The molecular formula is C9H9BFN3O4. The summed E-state index contributed by atoms with van der Waals surface area (Å²) in [6.07, 6.45) is 2.06. The van der Waals surface area contributed by atoms with Gasteiger partial charge in [-0.2, -0.15) is 4.39 Å². The van der Waals surface area contributed by atoms with Crippen LogP contribution in [0.2, 0.25) is 0 Å². The van der Waals surface area contributed by atoms with Crippen LogP contribution in [-0.2, 0) is 18.9 Å². The molecule has 0 aliphatic carbocycles. The average molecular weight is 253 g/mol. The molecule has 0 aromatic carbocycles. The fraction of sp³-hybridized carbons (Fsp3) is 0.333. The van der Waals surface area contributed by atoms with Gasteiger partial charge in [0.25, 0.3) is 0 Å². The Bertz CT molecular complexity index is 467. The van der Waals surface area contributed by atoms with E-state index in [1.165, 1.54) is 11.1 Å². The highest BCUT2D eigenvalue weighted by Gasteiger charge is 2.35. The Morgan fingerprint density at radius 3 is 2.44 bits per heavy atom. The zero-order chi connectivity index (χ0) is 13.1. The van der Waals surface area contributed by atoms with E-state index in [1.807, 2.05) is 0 Å². The van der Waals surface area contributed by atoms with Crippen molar-refractivity contribution in [2.45, 2.75) is 0 Å². The standard InChI is InChI=1S/C9H9BFN3O4/c1-14-4-8(15)17-10(18-9(16)5-14)6-2-12-3-7(11)13-6/h2-3H,4-5H2,1H3. The van der Waals surface area contributed by atoms with Gasteiger partial charge in [-0.15, -0.1) is 0 Å². The van der Waals surface area contributed by atoms with Gasteiger partial charge in [0.15, 0.2) is 0 Å². The van der Waals surface area contributed by atoms with E-state index in [-0.39, 0.29) is 18.7 Å². The SMILES string of the molecule is CN1CC(=O)OB(c2cncc(F)n2)OC(=O)C1. The fourth-order valence-electron chi connectivity index (χ4n) is 1.42. The molecule has 1 aliphatic rings. The molecular weight excluding hydrogens is 244 g/mol. The van der Waals surface area contributed by atoms with Crippen molar-refractivity contribution in [2.24, 2.45) is 0 Å². The van der Waals surface area contributed by atoms with Crippen LogP contribution in [0.15, 0.2) is 12.4 Å². The lowest BCUT2D eigenvalue weighted by molar-refractivity contribution is -0.145. The second kappa shape index (κ2) is 5.09. The quantitative estimate of drug-likeness (QED) is 0.554. The minimum atomic E-state index is -1.36. The van der Waals surface area contributed by atoms with Crippen LogP contribution in [-0.4, -0.2) is 54.1 Å². The number of hydrogen-bond acceptors (Lipinski definition) is 7. The number of aromatic nitrogens is 2. The molecule has 0 radical (unpaired) electrons. The van der Waals surface area contributed by atoms with E-state index in [4.69, 9.17) is 9.31 Å². The number of rotatable bonds is 1. The maximum Gasteiger partial charge on any atom is 0.658 e. The molecule has 9 heteroatoms. The van der Waals surface area contributed by atoms with Crippen LogP contribution in [0.3, 0.4) is 0 Å². The second-order valence-corrected chi connectivity index (χ2v) is 3.75. The summed E-state index contributed by atoms with van der Waals surface area (Å²) < 4.78 is 22.7. The van der Waals surface area contributed by atoms with Crippen LogP contribution < -0.4 is 5.59 Å². The van der Waals surface area contributed by atoms with Gasteiger partial charge in [0.05, 0.1) is 19.3 Å². The van der Waals surface area contributed by atoms with Gasteiger partial charge in [0, 0.05) is 6.20 Å². The van der Waals surface area contributed by atoms with E-state index in [2.05, 4.69) is 9.97 Å². The van der Waals surface area contributed by atoms with Crippen LogP contribution in [0.1, 0.15) is 0 Å². The summed E-state index contributed by atoms with van der Waals surface area (Å²) in [5.41, 5.74) is -0.0683. The number of likely N-dealkylation sites (N-methyl/N-ethyl adjacent to an activating group) is 1. The third kappa shape index (κ3) is 3.01. The molecule has 1 saturated heterocycles. The van der Waals surface area contributed by atoms with Gasteiger partial charge in [-0.25, -0.2) is 4.98 Å². The second-order valence-electron chi connectivity index (χ2n) is 3.75. The molecule has 1 aromatic rings. The number of carbonyl (C=O) groups excluding carboxylic acids is 2. The Labute approximate surface area is 102 Å². The third-order valence-corrected chi connectivity index (χ3v) is 2.14. The average Bonchev–Trinajstić information content (AvgIpc) is 2.25. The first-order valence-corrected chi connectivity index (χ1v) is 5.09. The number of carbonyl (C=O) groups is 2. The van der Waals surface area contributed by atoms with E-state index in [9.17, 15) is 14.0 Å². The van der Waals surface area contributed by atoms with Crippen molar-refractivity contribution in [3.05, 3.63) is 18.3 Å². The summed E-state index contributed by atoms with van der Waals surface area (Å²) in [4.78, 5) is 31.3. The topological polar surface area (TPSA) is 81.6 Å². The summed E-state index contributed by atoms with van der Waals surface area (Å²) in [6, 6.07) is 0. The Morgan fingerprint density at radius 1 is 1.28 bits per heavy atom. The summed E-state index contributed by atoms with van der Waals surface area (Å²) >= 11 is 0. The predicted molar refractivity (Wildman–Crippen MR) is 57.1 cm³/mol. The molecule has 2 rings (SSSR count). The third-order valence-electron chi connectivity index (χ3n) is 2.14. The van der Waals surface area contributed by atoms with Crippen molar-refractivity contribution in [3.8, 4) is 0 Å². The summed E-state index contributed by atoms with van der Waals surface area (Å²) in [5, 5.41) is 0. The summed E-state index contributed by atoms with van der Waals surface area (Å²) in [5.74, 6) is -2.04. The minimum absolute atomic E-state index is 0.0612. The zero-order valence-corrected chi connectivity index (χ0v) is 9.50. The van der Waals surface area contributed by atoms with Crippen LogP contribution in [0, 0.1) is 5.95 Å². The Balaban J connectivity index is 2.20. The molecule has 0 unspecified atom stereocenters. The number of halogens is 1. The lowest BCUT2D eigenvalue weighted by atomic mass is 9.84. The Kier molecular flexibility index (Phi) is 3.51. The van der Waals surface area contributed by atoms with Crippen molar-refractivity contribution in [2.75, 3.05) is 20.1 Å². The van der Waals surface area contributed by atoms with Crippen LogP contribution >= 0.6 is 0 Å². The van der Waals surface area contributed by atoms with Crippen LogP contribution in [0.25, 0.3) is 0 Å². The van der Waals surface area contributed by atoms with E-state index < -0.39 is 25.0 Å². The number of hydrogen-bond donors (Lipinski definition) is 0. The highest BCUT2D eigenvalue weighted by molar-refractivity contribution is 6.63. The number of nitrogens with zero attached hydrogens (tertiary/aromatic N) is 3. The first-order valence-electron chi connectivity index (χ1n) is 5.09. The molecule has 7 nitrogen and oxygen atoms in total. The summed E-state index contributed by atoms with van der Waals surface area (Å²) in [6.45, 7) is -0.122. The highest BCUT2D eigenvalue weighted by atomic mass is 19.1. The van der Waals surface area contributed by atoms with E-state index in [0.29, 0.717) is 0 Å². The monoisotopic (exact) mass is 253 g/mol. The normalized spacial score (nSPS) is 17.8. The van der Waals surface area contributed by atoms with E-state index in [0.717, 1.165) is 6.20 Å². The Hall–Kier alpha value is -2.03. The maximum atomic E-state index is 12.9. The van der Waals surface area contributed by atoms with Gasteiger partial charge in [-0.05, 0) is 7.05 Å². The molecule has 1 fully saturated rings. The fourth-order valence-corrected chi connectivity index (χ4v) is 1.42. The van der Waals surface area contributed by atoms with Crippen LogP contribution in [0.4, 0.5) is 4.39 Å². The molecule has 1 aliphatic heterocycles. The predicted octanol–water partition coefficient (Wildman–Crippen LogP) is -1.66. The molecule has 0 bridgehead atoms. The molecule has 1 aromatic heterocycles. The molecule has 0 saturated carbocycles. The van der Waals surface area contributed by atoms with Crippen molar-refractivity contribution in [1.82, 2.24) is 14.9 Å². The van der Waals surface area contributed by atoms with Crippen molar-refractivity contribution in [3.63, 3.8) is 0 Å². The highest BCUT2D eigenvalue weighted by Crippen LogP contribution is 2.00. The first-order chi connectivity index (χ1) is 8.54. The lowest BCUT2D eigenvalue weighted by Crippen LogP contribution is -2.49.